The van der Waals surface area contributed by atoms with Crippen LogP contribution < -0.4 is 0 Å². The van der Waals surface area contributed by atoms with Gasteiger partial charge in [0, 0.05) is 11.5 Å². The maximum Gasteiger partial charge on any atom is 0.209 e. The van der Waals surface area contributed by atoms with Crippen molar-refractivity contribution in [1.82, 2.24) is 14.8 Å². The van der Waals surface area contributed by atoms with E-state index in [1.807, 2.05) is 73.1 Å². The number of para-hydroxylation sites is 1. The van der Waals surface area contributed by atoms with Crippen LogP contribution in [0.1, 0.15) is 47.4 Å². The van der Waals surface area contributed by atoms with Gasteiger partial charge in [0.1, 0.15) is 5.82 Å². The summed E-state index contributed by atoms with van der Waals surface area (Å²) >= 11 is 1.43. The van der Waals surface area contributed by atoms with Gasteiger partial charge in [-0.25, -0.2) is 9.67 Å². The van der Waals surface area contributed by atoms with E-state index >= 15 is 0 Å². The molecule has 4 nitrogen and oxygen atoms in total. The van der Waals surface area contributed by atoms with Gasteiger partial charge < -0.3 is 0 Å². The molecule has 3 aromatic rings. The van der Waals surface area contributed by atoms with Gasteiger partial charge in [-0.1, -0.05) is 59.8 Å². The Kier molecular flexibility index (Phi) is 4.64. The molecule has 1 aliphatic rings. The molecular formula is C21H21N3OS. The molecule has 0 amide bonds. The number of Topliss-reactive ketones (excluding diaryl/α,β-unsaturated/α-hetero) is 1. The number of nitrogens with zero attached hydrogens (tertiary/aromatic N) is 3. The van der Waals surface area contributed by atoms with E-state index in [9.17, 15) is 4.79 Å². The van der Waals surface area contributed by atoms with Crippen molar-refractivity contribution in [2.24, 2.45) is 0 Å². The summed E-state index contributed by atoms with van der Waals surface area (Å²) in [6.07, 6.45) is 2.32. The van der Waals surface area contributed by atoms with E-state index in [0.717, 1.165) is 35.5 Å². The van der Waals surface area contributed by atoms with E-state index in [1.165, 1.54) is 11.8 Å². The van der Waals surface area contributed by atoms with Crippen LogP contribution in [0, 0.1) is 6.92 Å². The van der Waals surface area contributed by atoms with E-state index in [0.29, 0.717) is 11.1 Å². The molecular weight excluding hydrogens is 342 g/mol. The highest BCUT2D eigenvalue weighted by molar-refractivity contribution is 8.00. The third-order valence-corrected chi connectivity index (χ3v) is 5.49. The van der Waals surface area contributed by atoms with Crippen LogP contribution in [0.5, 0.6) is 0 Å². The number of aryl methyl sites for hydroxylation is 1. The Bertz CT molecular complexity index is 914. The van der Waals surface area contributed by atoms with Crippen molar-refractivity contribution in [2.75, 3.05) is 0 Å². The fourth-order valence-electron chi connectivity index (χ4n) is 2.88. The smallest absolute Gasteiger partial charge is 0.209 e. The highest BCUT2D eigenvalue weighted by Gasteiger charge is 2.31. The van der Waals surface area contributed by atoms with Crippen LogP contribution in [0.25, 0.3) is 5.69 Å². The predicted molar refractivity (Wildman–Crippen MR) is 104 cm³/mol. The average Bonchev–Trinajstić information content (AvgIpc) is 3.43. The maximum absolute atomic E-state index is 12.7. The molecule has 0 N–H and O–H groups in total. The van der Waals surface area contributed by atoms with Crippen LogP contribution >= 0.6 is 11.8 Å². The van der Waals surface area contributed by atoms with Crippen LogP contribution in [-0.4, -0.2) is 25.8 Å². The van der Waals surface area contributed by atoms with E-state index in [-0.39, 0.29) is 11.0 Å². The van der Waals surface area contributed by atoms with Crippen molar-refractivity contribution in [3.63, 3.8) is 0 Å². The fraction of sp³-hybridized carbons (Fsp3) is 0.286. The van der Waals surface area contributed by atoms with Crippen LogP contribution in [0.15, 0.2) is 59.8 Å². The van der Waals surface area contributed by atoms with Gasteiger partial charge >= 0.3 is 0 Å². The number of carbonyl (C=O) groups is 1. The second-order valence-corrected chi connectivity index (χ2v) is 8.07. The number of thioether (sulfide) groups is 1. The summed E-state index contributed by atoms with van der Waals surface area (Å²) < 4.78 is 1.93. The van der Waals surface area contributed by atoms with Crippen LogP contribution in [0.3, 0.4) is 0 Å². The summed E-state index contributed by atoms with van der Waals surface area (Å²) in [4.78, 5) is 17.4. The summed E-state index contributed by atoms with van der Waals surface area (Å²) in [5.74, 6) is 1.60. The molecule has 0 spiro atoms. The van der Waals surface area contributed by atoms with Gasteiger partial charge in [0.2, 0.25) is 5.16 Å². The summed E-state index contributed by atoms with van der Waals surface area (Å²) in [5.41, 5.74) is 2.91. The Hall–Kier alpha value is -2.40. The third kappa shape index (κ3) is 3.58. The van der Waals surface area contributed by atoms with E-state index in [4.69, 9.17) is 4.98 Å². The largest absolute Gasteiger partial charge is 0.293 e. The molecule has 0 aliphatic heterocycles. The molecule has 1 unspecified atom stereocenters. The zero-order valence-electron chi connectivity index (χ0n) is 14.9. The van der Waals surface area contributed by atoms with Crippen molar-refractivity contribution in [3.05, 3.63) is 71.5 Å². The zero-order chi connectivity index (χ0) is 18.1. The fourth-order valence-corrected chi connectivity index (χ4v) is 3.72. The first kappa shape index (κ1) is 17.0. The molecule has 0 saturated heterocycles. The van der Waals surface area contributed by atoms with E-state index < -0.39 is 0 Å². The molecule has 0 radical (unpaired) electrons. The lowest BCUT2D eigenvalue weighted by atomic mass is 10.1. The standard InChI is InChI=1S/C21H21N3OS/c1-14-8-10-16(11-9-14)19(25)15(2)26-21-22-20(17-12-13-17)24(23-21)18-6-4-3-5-7-18/h3-11,15,17H,12-13H2,1-2H3. The predicted octanol–water partition coefficient (Wildman–Crippen LogP) is 4.82. The summed E-state index contributed by atoms with van der Waals surface area (Å²) in [7, 11) is 0. The van der Waals surface area contributed by atoms with Crippen molar-refractivity contribution in [1.29, 1.82) is 0 Å². The summed E-state index contributed by atoms with van der Waals surface area (Å²) in [5, 5.41) is 5.13. The minimum Gasteiger partial charge on any atom is -0.293 e. The van der Waals surface area contributed by atoms with Gasteiger partial charge in [0.15, 0.2) is 5.78 Å². The molecule has 132 valence electrons. The minimum atomic E-state index is -0.226. The molecule has 1 aliphatic carbocycles. The molecule has 4 rings (SSSR count). The molecule has 1 atom stereocenters. The van der Waals surface area contributed by atoms with Crippen LogP contribution in [0.2, 0.25) is 0 Å². The summed E-state index contributed by atoms with van der Waals surface area (Å²) in [6, 6.07) is 17.8. The minimum absolute atomic E-state index is 0.110. The zero-order valence-corrected chi connectivity index (χ0v) is 15.7. The van der Waals surface area contributed by atoms with Gasteiger partial charge in [-0.05, 0) is 38.8 Å². The van der Waals surface area contributed by atoms with Crippen molar-refractivity contribution < 1.29 is 4.79 Å². The molecule has 0 bridgehead atoms. The molecule has 5 heteroatoms. The molecule has 1 fully saturated rings. The van der Waals surface area contributed by atoms with Gasteiger partial charge in [-0.2, -0.15) is 0 Å². The monoisotopic (exact) mass is 363 g/mol. The quantitative estimate of drug-likeness (QED) is 0.465. The number of hydrogen-bond donors (Lipinski definition) is 0. The van der Waals surface area contributed by atoms with Crippen molar-refractivity contribution in [3.8, 4) is 5.69 Å². The Morgan fingerprint density at radius 2 is 1.81 bits per heavy atom. The first-order valence-corrected chi connectivity index (χ1v) is 9.79. The average molecular weight is 363 g/mol. The second-order valence-electron chi connectivity index (χ2n) is 6.76. The molecule has 1 saturated carbocycles. The van der Waals surface area contributed by atoms with Crippen molar-refractivity contribution in [2.45, 2.75) is 43.0 Å². The van der Waals surface area contributed by atoms with Crippen molar-refractivity contribution >= 4 is 17.5 Å². The lowest BCUT2D eigenvalue weighted by molar-refractivity contribution is 0.0994. The normalized spacial score (nSPS) is 15.0. The first-order chi connectivity index (χ1) is 12.6. The van der Waals surface area contributed by atoms with E-state index in [1.54, 1.807) is 0 Å². The third-order valence-electron chi connectivity index (χ3n) is 4.54. The molecule has 2 aromatic carbocycles. The number of benzene rings is 2. The second kappa shape index (κ2) is 7.08. The SMILES string of the molecule is Cc1ccc(C(=O)C(C)Sc2nc(C3CC3)n(-c3ccccc3)n2)cc1. The first-order valence-electron chi connectivity index (χ1n) is 8.92. The topological polar surface area (TPSA) is 47.8 Å². The molecule has 26 heavy (non-hydrogen) atoms. The number of aromatic nitrogens is 3. The Morgan fingerprint density at radius 1 is 1.12 bits per heavy atom. The number of ketones is 1. The summed E-state index contributed by atoms with van der Waals surface area (Å²) in [6.45, 7) is 3.94. The maximum atomic E-state index is 12.7. The van der Waals surface area contributed by atoms with E-state index in [2.05, 4.69) is 5.10 Å². The number of carbonyl (C=O) groups excluding carboxylic acids is 1. The van der Waals surface area contributed by atoms with Gasteiger partial charge in [0.25, 0.3) is 0 Å². The molecule has 1 aromatic heterocycles. The van der Waals surface area contributed by atoms with Gasteiger partial charge in [0.05, 0.1) is 10.9 Å². The lowest BCUT2D eigenvalue weighted by Gasteiger charge is -2.08. The number of hydrogen-bond acceptors (Lipinski definition) is 4. The van der Waals surface area contributed by atoms with Crippen LogP contribution in [0.4, 0.5) is 0 Å². The van der Waals surface area contributed by atoms with Crippen LogP contribution in [-0.2, 0) is 0 Å². The lowest BCUT2D eigenvalue weighted by Crippen LogP contribution is -2.13. The van der Waals surface area contributed by atoms with Gasteiger partial charge in [-0.15, -0.1) is 5.10 Å². The Morgan fingerprint density at radius 3 is 2.46 bits per heavy atom. The molecule has 1 heterocycles. The van der Waals surface area contributed by atoms with Gasteiger partial charge in [-0.3, -0.25) is 4.79 Å². The highest BCUT2D eigenvalue weighted by atomic mass is 32.2. The Balaban J connectivity index is 1.56. The number of rotatable bonds is 6. The highest BCUT2D eigenvalue weighted by Crippen LogP contribution is 2.40. The Labute approximate surface area is 157 Å².